The van der Waals surface area contributed by atoms with Gasteiger partial charge in [-0.1, -0.05) is 54.1 Å². The van der Waals surface area contributed by atoms with Crippen LogP contribution in [0.5, 0.6) is 0 Å². The Morgan fingerprint density at radius 1 is 1.03 bits per heavy atom. The number of nitrogens with one attached hydrogen (secondary N) is 1. The van der Waals surface area contributed by atoms with Crippen LogP contribution in [0, 0.1) is 6.92 Å². The minimum atomic E-state index is 0.488. The quantitative estimate of drug-likeness (QED) is 0.423. The average Bonchev–Trinajstić information content (AvgIpc) is 2.74. The third-order valence-corrected chi connectivity index (χ3v) is 5.18. The molecule has 0 amide bonds. The van der Waals surface area contributed by atoms with Gasteiger partial charge in [-0.3, -0.25) is 0 Å². The summed E-state index contributed by atoms with van der Waals surface area (Å²) < 4.78 is 0. The minimum Gasteiger partial charge on any atom is -0.393 e. The molecule has 1 heterocycles. The molecule has 3 N–H and O–H groups in total. The molecular formula is C23H22ClN5. The van der Waals surface area contributed by atoms with Crippen molar-refractivity contribution >= 4 is 51.1 Å². The van der Waals surface area contributed by atoms with Crippen LogP contribution in [0.15, 0.2) is 67.0 Å². The van der Waals surface area contributed by atoms with Gasteiger partial charge in [-0.05, 0) is 43.0 Å². The van der Waals surface area contributed by atoms with Gasteiger partial charge in [0.05, 0.1) is 5.69 Å². The molecule has 0 saturated heterocycles. The lowest BCUT2D eigenvalue weighted by atomic mass is 10.1. The first kappa shape index (κ1) is 19.0. The topological polar surface area (TPSA) is 67.1 Å². The molecule has 3 aromatic carbocycles. The van der Waals surface area contributed by atoms with Crippen molar-refractivity contribution in [2.45, 2.75) is 13.8 Å². The van der Waals surface area contributed by atoms with E-state index in [1.54, 1.807) is 0 Å². The Morgan fingerprint density at radius 2 is 1.83 bits per heavy atom. The molecule has 4 aromatic rings. The number of nitrogen functional groups attached to an aromatic ring is 1. The second-order valence-electron chi connectivity index (χ2n) is 6.79. The maximum Gasteiger partial charge on any atom is 0.161 e. The van der Waals surface area contributed by atoms with Crippen LogP contribution in [0.3, 0.4) is 0 Å². The third-order valence-electron chi connectivity index (χ3n) is 4.94. The van der Waals surface area contributed by atoms with Crippen molar-refractivity contribution in [2.75, 3.05) is 22.5 Å². The van der Waals surface area contributed by atoms with Gasteiger partial charge in [0.15, 0.2) is 11.6 Å². The van der Waals surface area contributed by atoms with Crippen molar-refractivity contribution in [3.05, 3.63) is 77.6 Å². The highest BCUT2D eigenvalue weighted by molar-refractivity contribution is 6.30. The first-order chi connectivity index (χ1) is 14.1. The van der Waals surface area contributed by atoms with Gasteiger partial charge in [0.2, 0.25) is 0 Å². The first-order valence-corrected chi connectivity index (χ1v) is 9.85. The van der Waals surface area contributed by atoms with E-state index in [2.05, 4.69) is 51.4 Å². The standard InChI is InChI=1S/C23H22ClN5/c1-3-29(20-10-6-8-16-7-4-5-9-18(16)20)23-21(25)22(26-14-27-23)28-19-13-17(24)12-11-15(19)2/h4-14H,3,25H2,1-2H3,(H,26,27,28). The van der Waals surface area contributed by atoms with Crippen LogP contribution < -0.4 is 16.0 Å². The Hall–Kier alpha value is -3.31. The molecule has 5 nitrogen and oxygen atoms in total. The van der Waals surface area contributed by atoms with Crippen LogP contribution >= 0.6 is 11.6 Å². The van der Waals surface area contributed by atoms with Crippen molar-refractivity contribution in [1.82, 2.24) is 9.97 Å². The summed E-state index contributed by atoms with van der Waals surface area (Å²) in [4.78, 5) is 11.0. The zero-order valence-corrected chi connectivity index (χ0v) is 17.1. The number of aromatic nitrogens is 2. The Kier molecular flexibility index (Phi) is 5.23. The van der Waals surface area contributed by atoms with Crippen molar-refractivity contribution in [2.24, 2.45) is 0 Å². The molecule has 146 valence electrons. The second-order valence-corrected chi connectivity index (χ2v) is 7.22. The number of nitrogens with two attached hydrogens (primary N) is 1. The zero-order valence-electron chi connectivity index (χ0n) is 16.4. The van der Waals surface area contributed by atoms with E-state index in [-0.39, 0.29) is 0 Å². The monoisotopic (exact) mass is 403 g/mol. The van der Waals surface area contributed by atoms with Crippen LogP contribution in [0.1, 0.15) is 12.5 Å². The van der Waals surface area contributed by atoms with E-state index in [1.165, 1.54) is 11.7 Å². The summed E-state index contributed by atoms with van der Waals surface area (Å²) in [5.41, 5.74) is 9.97. The Balaban J connectivity index is 1.78. The summed E-state index contributed by atoms with van der Waals surface area (Å²) in [7, 11) is 0. The predicted octanol–water partition coefficient (Wildman–Crippen LogP) is 6.08. The molecule has 0 bridgehead atoms. The van der Waals surface area contributed by atoms with Gasteiger partial charge >= 0.3 is 0 Å². The molecule has 0 spiro atoms. The summed E-state index contributed by atoms with van der Waals surface area (Å²) in [6, 6.07) is 20.2. The molecular weight excluding hydrogens is 382 g/mol. The van der Waals surface area contributed by atoms with Gasteiger partial charge in [0.1, 0.15) is 12.0 Å². The molecule has 0 radical (unpaired) electrons. The molecule has 29 heavy (non-hydrogen) atoms. The fourth-order valence-corrected chi connectivity index (χ4v) is 3.61. The van der Waals surface area contributed by atoms with E-state index in [1.807, 2.05) is 43.3 Å². The van der Waals surface area contributed by atoms with Gasteiger partial charge in [-0.25, -0.2) is 9.97 Å². The van der Waals surface area contributed by atoms with Gasteiger partial charge in [-0.15, -0.1) is 0 Å². The minimum absolute atomic E-state index is 0.488. The highest BCUT2D eigenvalue weighted by atomic mass is 35.5. The third kappa shape index (κ3) is 3.69. The van der Waals surface area contributed by atoms with E-state index in [0.29, 0.717) is 28.9 Å². The molecule has 4 rings (SSSR count). The summed E-state index contributed by atoms with van der Waals surface area (Å²) in [5, 5.41) is 6.27. The lowest BCUT2D eigenvalue weighted by Crippen LogP contribution is -2.20. The van der Waals surface area contributed by atoms with E-state index in [4.69, 9.17) is 17.3 Å². The normalized spacial score (nSPS) is 10.9. The molecule has 6 heteroatoms. The molecule has 0 aliphatic heterocycles. The van der Waals surface area contributed by atoms with E-state index in [9.17, 15) is 0 Å². The maximum absolute atomic E-state index is 6.52. The number of rotatable bonds is 5. The molecule has 0 atom stereocenters. The van der Waals surface area contributed by atoms with Crippen molar-refractivity contribution < 1.29 is 0 Å². The summed E-state index contributed by atoms with van der Waals surface area (Å²) in [6.07, 6.45) is 1.53. The van der Waals surface area contributed by atoms with Crippen LogP contribution in [-0.2, 0) is 0 Å². The Morgan fingerprint density at radius 3 is 2.66 bits per heavy atom. The summed E-state index contributed by atoms with van der Waals surface area (Å²) in [5.74, 6) is 1.22. The zero-order chi connectivity index (χ0) is 20.4. The van der Waals surface area contributed by atoms with Crippen molar-refractivity contribution in [3.63, 3.8) is 0 Å². The number of fused-ring (bicyclic) bond motifs is 1. The average molecular weight is 404 g/mol. The number of hydrogen-bond acceptors (Lipinski definition) is 5. The lowest BCUT2D eigenvalue weighted by molar-refractivity contribution is 0.985. The number of benzene rings is 3. The Labute approximate surface area is 175 Å². The van der Waals surface area contributed by atoms with Crippen molar-refractivity contribution in [3.8, 4) is 0 Å². The maximum atomic E-state index is 6.52. The highest BCUT2D eigenvalue weighted by Crippen LogP contribution is 2.36. The van der Waals surface area contributed by atoms with Crippen molar-refractivity contribution in [1.29, 1.82) is 0 Å². The lowest BCUT2D eigenvalue weighted by Gasteiger charge is -2.25. The Bertz CT molecular complexity index is 1170. The van der Waals surface area contributed by atoms with E-state index < -0.39 is 0 Å². The fourth-order valence-electron chi connectivity index (χ4n) is 3.44. The molecule has 1 aromatic heterocycles. The smallest absolute Gasteiger partial charge is 0.161 e. The highest BCUT2D eigenvalue weighted by Gasteiger charge is 2.18. The number of aryl methyl sites for hydroxylation is 1. The molecule has 0 aliphatic rings. The van der Waals surface area contributed by atoms with Gasteiger partial charge in [0, 0.05) is 22.6 Å². The molecule has 0 aliphatic carbocycles. The largest absolute Gasteiger partial charge is 0.393 e. The summed E-state index contributed by atoms with van der Waals surface area (Å²) in [6.45, 7) is 4.80. The predicted molar refractivity (Wildman–Crippen MR) is 123 cm³/mol. The van der Waals surface area contributed by atoms with Crippen LogP contribution in [0.2, 0.25) is 5.02 Å². The number of halogens is 1. The molecule has 0 saturated carbocycles. The second kappa shape index (κ2) is 7.97. The van der Waals surface area contributed by atoms with Gasteiger partial charge in [0.25, 0.3) is 0 Å². The SMILES string of the molecule is CCN(c1ncnc(Nc2cc(Cl)ccc2C)c1N)c1cccc2ccccc12. The number of hydrogen-bond donors (Lipinski definition) is 2. The van der Waals surface area contributed by atoms with Gasteiger partial charge < -0.3 is 16.0 Å². The molecule has 0 fully saturated rings. The van der Waals surface area contributed by atoms with E-state index in [0.717, 1.165) is 22.3 Å². The molecule has 0 unspecified atom stereocenters. The fraction of sp³-hybridized carbons (Fsp3) is 0.130. The number of nitrogens with zero attached hydrogens (tertiary/aromatic N) is 3. The number of anilines is 5. The van der Waals surface area contributed by atoms with Crippen LogP contribution in [0.4, 0.5) is 28.7 Å². The first-order valence-electron chi connectivity index (χ1n) is 9.47. The van der Waals surface area contributed by atoms with Crippen LogP contribution in [-0.4, -0.2) is 16.5 Å². The summed E-state index contributed by atoms with van der Waals surface area (Å²) >= 11 is 6.15. The van der Waals surface area contributed by atoms with Gasteiger partial charge in [-0.2, -0.15) is 0 Å². The van der Waals surface area contributed by atoms with Crippen LogP contribution in [0.25, 0.3) is 10.8 Å². The van der Waals surface area contributed by atoms with E-state index >= 15 is 0 Å².